The van der Waals surface area contributed by atoms with E-state index in [2.05, 4.69) is 5.32 Å². The van der Waals surface area contributed by atoms with Crippen molar-refractivity contribution in [3.8, 4) is 11.5 Å². The quantitative estimate of drug-likeness (QED) is 0.143. The van der Waals surface area contributed by atoms with Crippen LogP contribution in [0.15, 0.2) is 52.5 Å². The fraction of sp³-hybridized carbons (Fsp3) is 0.500. The Hall–Kier alpha value is -4.76. The molecule has 0 fully saturated rings. The number of anilines is 1. The predicted molar refractivity (Wildman–Crippen MR) is 197 cm³/mol. The van der Waals surface area contributed by atoms with Crippen LogP contribution in [0.1, 0.15) is 76.9 Å². The SMILES string of the molecule is COC(=O)[C@H]1[C@H](O)[C@H](C)[C@@H](O)[C@@H](C)C=C(C)C2=C3C(=C(C)C(=O)c4c(O)c(c(C)c(OC(C)=O)c43)NC(=O)C(C)=CC=C[C@@H](C)[C@@H](O)[C@@H](C)[C@H]1O)OCO2. The van der Waals surface area contributed by atoms with Crippen LogP contribution >= 0.6 is 0 Å². The van der Waals surface area contributed by atoms with Crippen LogP contribution < -0.4 is 10.1 Å². The zero-order chi connectivity index (χ0) is 40.5. The largest absolute Gasteiger partial charge is 0.505 e. The van der Waals surface area contributed by atoms with E-state index in [1.807, 2.05) is 0 Å². The van der Waals surface area contributed by atoms with Gasteiger partial charge in [-0.1, -0.05) is 52.0 Å². The summed E-state index contributed by atoms with van der Waals surface area (Å²) >= 11 is 0. The van der Waals surface area contributed by atoms with Crippen molar-refractivity contribution in [1.29, 1.82) is 0 Å². The number of carbonyl (C=O) groups excluding carboxylic acids is 4. The van der Waals surface area contributed by atoms with Crippen molar-refractivity contribution in [3.05, 3.63) is 69.2 Å². The van der Waals surface area contributed by atoms with Crippen LogP contribution in [0.2, 0.25) is 0 Å². The molecule has 5 rings (SSSR count). The average molecular weight is 754 g/mol. The molecule has 1 aromatic rings. The molecule has 0 saturated carbocycles. The number of benzene rings is 1. The summed E-state index contributed by atoms with van der Waals surface area (Å²) in [6, 6.07) is 0. The number of methoxy groups -OCH3 is 1. The molecule has 0 aromatic heterocycles. The fourth-order valence-corrected chi connectivity index (χ4v) is 7.22. The number of aliphatic hydroxyl groups excluding tert-OH is 4. The Morgan fingerprint density at radius 1 is 0.833 bits per heavy atom. The molecule has 0 saturated heterocycles. The number of phenolic OH excluding ortho intramolecular Hbond substituents is 1. The number of rotatable bonds is 2. The van der Waals surface area contributed by atoms with Gasteiger partial charge in [0.2, 0.25) is 6.79 Å². The highest BCUT2D eigenvalue weighted by molar-refractivity contribution is 6.21. The van der Waals surface area contributed by atoms with Crippen LogP contribution in [-0.2, 0) is 28.6 Å². The summed E-state index contributed by atoms with van der Waals surface area (Å²) in [5, 5.41) is 60.0. The lowest BCUT2D eigenvalue weighted by Gasteiger charge is -2.37. The summed E-state index contributed by atoms with van der Waals surface area (Å²) in [6.07, 6.45) is 0.456. The second-order valence-corrected chi connectivity index (χ2v) is 14.4. The molecule has 1 amide bonds. The van der Waals surface area contributed by atoms with E-state index in [0.717, 1.165) is 14.0 Å². The second-order valence-electron chi connectivity index (χ2n) is 14.4. The molecule has 3 heterocycles. The molecular formula is C40H51NO13. The van der Waals surface area contributed by atoms with Crippen molar-refractivity contribution in [2.75, 3.05) is 19.2 Å². The molecule has 9 atom stereocenters. The molecule has 6 N–H and O–H groups in total. The highest BCUT2D eigenvalue weighted by atomic mass is 16.7. The van der Waals surface area contributed by atoms with Gasteiger partial charge < -0.3 is 49.8 Å². The van der Waals surface area contributed by atoms with Crippen molar-refractivity contribution in [1.82, 2.24) is 0 Å². The minimum Gasteiger partial charge on any atom is -0.505 e. The van der Waals surface area contributed by atoms with Gasteiger partial charge in [0.15, 0.2) is 11.5 Å². The topological polar surface area (TPSA) is 218 Å². The van der Waals surface area contributed by atoms with E-state index in [-0.39, 0.29) is 63.2 Å². The summed E-state index contributed by atoms with van der Waals surface area (Å²) in [5.41, 5.74) is 0.550. The van der Waals surface area contributed by atoms with Crippen molar-refractivity contribution >= 4 is 34.9 Å². The van der Waals surface area contributed by atoms with Crippen LogP contribution in [0, 0.1) is 36.5 Å². The maximum absolute atomic E-state index is 14.0. The molecule has 54 heavy (non-hydrogen) atoms. The van der Waals surface area contributed by atoms with E-state index in [4.69, 9.17) is 18.9 Å². The number of phenols is 1. The van der Waals surface area contributed by atoms with Crippen LogP contribution in [-0.4, -0.2) is 87.5 Å². The van der Waals surface area contributed by atoms with Gasteiger partial charge in [-0.05, 0) is 33.3 Å². The number of ether oxygens (including phenoxy) is 4. The van der Waals surface area contributed by atoms with Crippen molar-refractivity contribution in [2.45, 2.75) is 86.7 Å². The molecule has 0 unspecified atom stereocenters. The number of allylic oxidation sites excluding steroid dienone is 5. The number of esters is 2. The fourth-order valence-electron chi connectivity index (χ4n) is 7.22. The first-order chi connectivity index (χ1) is 25.3. The molecule has 4 aliphatic rings. The molecule has 14 heteroatoms. The van der Waals surface area contributed by atoms with Crippen molar-refractivity contribution < 1.29 is 63.7 Å². The van der Waals surface area contributed by atoms with Gasteiger partial charge in [-0.25, -0.2) is 0 Å². The normalized spacial score (nSPS) is 29.8. The van der Waals surface area contributed by atoms with Gasteiger partial charge in [-0.3, -0.25) is 19.2 Å². The summed E-state index contributed by atoms with van der Waals surface area (Å²) < 4.78 is 22.5. The van der Waals surface area contributed by atoms with Crippen LogP contribution in [0.3, 0.4) is 0 Å². The number of amides is 1. The third-order valence-corrected chi connectivity index (χ3v) is 10.6. The van der Waals surface area contributed by atoms with E-state index in [9.17, 15) is 44.7 Å². The van der Waals surface area contributed by atoms with Gasteiger partial charge in [0.25, 0.3) is 5.91 Å². The summed E-state index contributed by atoms with van der Waals surface area (Å²) in [4.78, 5) is 53.0. The smallest absolute Gasteiger partial charge is 0.313 e. The highest BCUT2D eigenvalue weighted by Gasteiger charge is 2.45. The molecule has 14 nitrogen and oxygen atoms in total. The number of nitrogens with one attached hydrogen (secondary N) is 1. The Morgan fingerprint density at radius 2 is 1.41 bits per heavy atom. The van der Waals surface area contributed by atoms with Crippen LogP contribution in [0.25, 0.3) is 5.57 Å². The van der Waals surface area contributed by atoms with Gasteiger partial charge in [-0.2, -0.15) is 0 Å². The van der Waals surface area contributed by atoms with E-state index in [1.54, 1.807) is 32.9 Å². The maximum atomic E-state index is 14.0. The van der Waals surface area contributed by atoms with Gasteiger partial charge in [0.1, 0.15) is 23.2 Å². The van der Waals surface area contributed by atoms with Crippen molar-refractivity contribution in [2.24, 2.45) is 29.6 Å². The maximum Gasteiger partial charge on any atom is 0.313 e. The third-order valence-electron chi connectivity index (χ3n) is 10.6. The number of aliphatic hydroxyl groups is 4. The average Bonchev–Trinajstić information content (AvgIpc) is 3.13. The van der Waals surface area contributed by atoms with Crippen molar-refractivity contribution in [3.63, 3.8) is 0 Å². The lowest BCUT2D eigenvalue weighted by atomic mass is 9.76. The second kappa shape index (κ2) is 16.7. The number of ketones is 1. The number of aromatic hydroxyl groups is 1. The molecule has 1 aliphatic carbocycles. The molecule has 1 aromatic carbocycles. The molecule has 294 valence electrons. The first-order valence-corrected chi connectivity index (χ1v) is 17.8. The van der Waals surface area contributed by atoms with E-state index >= 15 is 0 Å². The lowest BCUT2D eigenvalue weighted by molar-refractivity contribution is -0.164. The van der Waals surface area contributed by atoms with Gasteiger partial charge in [0, 0.05) is 52.9 Å². The number of carbonyl (C=O) groups is 4. The zero-order valence-electron chi connectivity index (χ0n) is 32.2. The standard InChI is InChI=1S/C40H51NO13/c1-16-12-11-13-17(2)39(49)41-29-20(5)38(54-24(9)42)25-26(35(29)48)34(47)23(8)37-27(25)36(52-15-53-37)19(4)14-18(3)31(44)22(7)33(46)28(40(50)51-10)32(45)21(6)30(16)43/h11-14,16,18,21-22,28,30-33,43-46,48H,15H2,1-10H3,(H,41,49)/t16-,18+,21-,22-,28-,30-,31+,32-,33-/m1/s1. The Balaban J connectivity index is 2.03. The summed E-state index contributed by atoms with van der Waals surface area (Å²) in [5.74, 6) is -8.30. The van der Waals surface area contributed by atoms with E-state index < -0.39 is 83.4 Å². The number of hydrogen-bond donors (Lipinski definition) is 6. The van der Waals surface area contributed by atoms with E-state index in [1.165, 1.54) is 46.8 Å². The Kier molecular flexibility index (Phi) is 13.0. The Morgan fingerprint density at radius 3 is 1.98 bits per heavy atom. The molecular weight excluding hydrogens is 702 g/mol. The number of Topliss-reactive ketones (excluding diaryl/α,β-unsaturated/α-hetero) is 1. The minimum absolute atomic E-state index is 0.00611. The Bertz CT molecular complexity index is 1870. The monoisotopic (exact) mass is 753 g/mol. The molecule has 4 bridgehead atoms. The minimum atomic E-state index is -1.62. The highest BCUT2D eigenvalue weighted by Crippen LogP contribution is 2.53. The van der Waals surface area contributed by atoms with Crippen LogP contribution in [0.4, 0.5) is 5.69 Å². The van der Waals surface area contributed by atoms with Gasteiger partial charge >= 0.3 is 11.9 Å². The summed E-state index contributed by atoms with van der Waals surface area (Å²) in [6.45, 7) is 13.4. The number of fused-ring (bicyclic) bond motifs is 14. The van der Waals surface area contributed by atoms with Gasteiger partial charge in [-0.15, -0.1) is 0 Å². The first kappa shape index (κ1) is 42.0. The Labute approximate surface area is 314 Å². The van der Waals surface area contributed by atoms with E-state index in [0.29, 0.717) is 5.57 Å². The summed E-state index contributed by atoms with van der Waals surface area (Å²) in [7, 11) is 1.11. The predicted octanol–water partition coefficient (Wildman–Crippen LogP) is 3.99. The zero-order valence-corrected chi connectivity index (χ0v) is 32.2. The molecule has 3 aliphatic heterocycles. The first-order valence-electron chi connectivity index (χ1n) is 17.8. The lowest BCUT2D eigenvalue weighted by Crippen LogP contribution is -2.50. The van der Waals surface area contributed by atoms with Gasteiger partial charge in [0.05, 0.1) is 48.3 Å². The molecule has 0 radical (unpaired) electrons. The third kappa shape index (κ3) is 7.88. The number of hydrogen-bond acceptors (Lipinski definition) is 13. The van der Waals surface area contributed by atoms with Crippen LogP contribution in [0.5, 0.6) is 11.5 Å². The molecule has 0 spiro atoms.